The Morgan fingerprint density at radius 1 is 0.604 bits per heavy atom. The second kappa shape index (κ2) is 20.3. The SMILES string of the molecule is COC1OC(COCc2ccccc2)C(OC2CC(OC(C)=O)C(OC(C)=O)C(COC(C)=O)O2)C(OCc2ccccc2)C1OCc1ccccc1. The van der Waals surface area contributed by atoms with Crippen LogP contribution in [0.4, 0.5) is 0 Å². The third kappa shape index (κ3) is 12.2. The zero-order valence-electron chi connectivity index (χ0n) is 30.4. The molecule has 0 aromatic heterocycles. The number of rotatable bonds is 17. The fourth-order valence-electron chi connectivity index (χ4n) is 6.29. The number of carbonyl (C=O) groups excluding carboxylic acids is 3. The van der Waals surface area contributed by atoms with Gasteiger partial charge in [-0.3, -0.25) is 14.4 Å². The Hall–Kier alpha value is -4.21. The summed E-state index contributed by atoms with van der Waals surface area (Å²) in [5.41, 5.74) is 2.81. The molecule has 2 aliphatic rings. The van der Waals surface area contributed by atoms with Gasteiger partial charge in [-0.15, -0.1) is 0 Å². The lowest BCUT2D eigenvalue weighted by Gasteiger charge is -2.47. The molecule has 9 atom stereocenters. The first-order valence-corrected chi connectivity index (χ1v) is 17.6. The Bertz CT molecular complexity index is 1560. The summed E-state index contributed by atoms with van der Waals surface area (Å²) in [7, 11) is 1.53. The van der Waals surface area contributed by atoms with E-state index in [0.29, 0.717) is 6.61 Å². The van der Waals surface area contributed by atoms with Crippen molar-refractivity contribution in [1.82, 2.24) is 0 Å². The summed E-state index contributed by atoms with van der Waals surface area (Å²) in [6.07, 6.45) is -8.36. The molecule has 0 amide bonds. The average molecular weight is 737 g/mol. The highest BCUT2D eigenvalue weighted by Crippen LogP contribution is 2.34. The van der Waals surface area contributed by atoms with Crippen molar-refractivity contribution < 1.29 is 61.8 Å². The zero-order valence-corrected chi connectivity index (χ0v) is 30.4. The standard InChI is InChI=1S/C40H48O13/c1-26(41)46-25-34-36(50-28(3)43)32(49-27(2)42)20-35(51-34)53-37-33(24-45-21-29-14-8-5-9-15-29)52-40(44-4)39(48-23-31-18-12-7-13-19-31)38(37)47-22-30-16-10-6-11-17-30/h5-19,32-40H,20-25H2,1-4H3. The molecular weight excluding hydrogens is 688 g/mol. The van der Waals surface area contributed by atoms with Crippen LogP contribution in [0.3, 0.4) is 0 Å². The topological polar surface area (TPSA) is 144 Å². The molecular formula is C40H48O13. The molecule has 2 heterocycles. The Morgan fingerprint density at radius 2 is 1.13 bits per heavy atom. The van der Waals surface area contributed by atoms with Gasteiger partial charge in [0.15, 0.2) is 18.7 Å². The highest BCUT2D eigenvalue weighted by atomic mass is 16.8. The van der Waals surface area contributed by atoms with E-state index in [1.807, 2.05) is 91.0 Å². The van der Waals surface area contributed by atoms with E-state index < -0.39 is 73.2 Å². The van der Waals surface area contributed by atoms with Crippen molar-refractivity contribution in [2.24, 2.45) is 0 Å². The molecule has 3 aromatic rings. The summed E-state index contributed by atoms with van der Waals surface area (Å²) >= 11 is 0. The molecule has 0 N–H and O–H groups in total. The summed E-state index contributed by atoms with van der Waals surface area (Å²) in [4.78, 5) is 36.2. The van der Waals surface area contributed by atoms with Crippen LogP contribution in [0, 0.1) is 0 Å². The molecule has 13 nitrogen and oxygen atoms in total. The molecule has 0 bridgehead atoms. The largest absolute Gasteiger partial charge is 0.463 e. The Balaban J connectivity index is 1.47. The number of hydrogen-bond acceptors (Lipinski definition) is 13. The normalized spacial score (nSPS) is 27.1. The Kier molecular flexibility index (Phi) is 15.3. The van der Waals surface area contributed by atoms with E-state index in [1.54, 1.807) is 0 Å². The van der Waals surface area contributed by atoms with E-state index >= 15 is 0 Å². The lowest BCUT2D eigenvalue weighted by Crippen LogP contribution is -2.63. The summed E-state index contributed by atoms with van der Waals surface area (Å²) in [6.45, 7) is 4.24. The minimum absolute atomic E-state index is 0.0309. The molecule has 13 heteroatoms. The van der Waals surface area contributed by atoms with Crippen molar-refractivity contribution in [3.8, 4) is 0 Å². The van der Waals surface area contributed by atoms with E-state index in [2.05, 4.69) is 0 Å². The molecule has 5 rings (SSSR count). The summed E-state index contributed by atoms with van der Waals surface area (Å²) in [5, 5.41) is 0. The van der Waals surface area contributed by atoms with Crippen LogP contribution < -0.4 is 0 Å². The summed E-state index contributed by atoms with van der Waals surface area (Å²) in [5.74, 6) is -1.80. The van der Waals surface area contributed by atoms with Crippen molar-refractivity contribution in [3.63, 3.8) is 0 Å². The Morgan fingerprint density at radius 3 is 1.66 bits per heavy atom. The maximum atomic E-state index is 12.3. The van der Waals surface area contributed by atoms with Gasteiger partial charge in [0.2, 0.25) is 0 Å². The maximum Gasteiger partial charge on any atom is 0.303 e. The minimum atomic E-state index is -1.08. The molecule has 9 unspecified atom stereocenters. The molecule has 0 radical (unpaired) electrons. The van der Waals surface area contributed by atoms with Crippen LogP contribution in [0.15, 0.2) is 91.0 Å². The van der Waals surface area contributed by atoms with Crippen molar-refractivity contribution in [3.05, 3.63) is 108 Å². The predicted molar refractivity (Wildman–Crippen MR) is 188 cm³/mol. The molecule has 2 aliphatic heterocycles. The van der Waals surface area contributed by atoms with E-state index in [4.69, 9.17) is 47.4 Å². The van der Waals surface area contributed by atoms with E-state index in [1.165, 1.54) is 27.9 Å². The molecule has 286 valence electrons. The monoisotopic (exact) mass is 736 g/mol. The number of ether oxygens (including phenoxy) is 10. The van der Waals surface area contributed by atoms with E-state index in [0.717, 1.165) is 16.7 Å². The summed E-state index contributed by atoms with van der Waals surface area (Å²) < 4.78 is 61.3. The van der Waals surface area contributed by atoms with Crippen molar-refractivity contribution in [2.45, 2.75) is 102 Å². The van der Waals surface area contributed by atoms with Gasteiger partial charge in [-0.2, -0.15) is 0 Å². The van der Waals surface area contributed by atoms with Crippen molar-refractivity contribution in [1.29, 1.82) is 0 Å². The molecule has 2 saturated heterocycles. The van der Waals surface area contributed by atoms with Gasteiger partial charge in [0.05, 0.1) is 26.4 Å². The first-order valence-electron chi connectivity index (χ1n) is 17.6. The molecule has 0 aliphatic carbocycles. The second-order valence-electron chi connectivity index (χ2n) is 12.8. The highest BCUT2D eigenvalue weighted by molar-refractivity contribution is 5.67. The molecule has 53 heavy (non-hydrogen) atoms. The lowest BCUT2D eigenvalue weighted by atomic mass is 9.97. The third-order valence-corrected chi connectivity index (χ3v) is 8.65. The van der Waals surface area contributed by atoms with Crippen LogP contribution in [0.2, 0.25) is 0 Å². The first kappa shape index (κ1) is 40.0. The number of hydrogen-bond donors (Lipinski definition) is 0. The quantitative estimate of drug-likeness (QED) is 0.140. The van der Waals surface area contributed by atoms with Gasteiger partial charge in [-0.05, 0) is 16.7 Å². The number of carbonyl (C=O) groups is 3. The fourth-order valence-corrected chi connectivity index (χ4v) is 6.29. The van der Waals surface area contributed by atoms with Crippen molar-refractivity contribution in [2.75, 3.05) is 20.3 Å². The van der Waals surface area contributed by atoms with Gasteiger partial charge in [-0.1, -0.05) is 91.0 Å². The first-order chi connectivity index (χ1) is 25.7. The van der Waals surface area contributed by atoms with Gasteiger partial charge in [0, 0.05) is 34.3 Å². The van der Waals surface area contributed by atoms with Crippen molar-refractivity contribution >= 4 is 17.9 Å². The number of esters is 3. The maximum absolute atomic E-state index is 12.3. The van der Waals surface area contributed by atoms with Gasteiger partial charge in [-0.25, -0.2) is 0 Å². The van der Waals surface area contributed by atoms with Gasteiger partial charge >= 0.3 is 17.9 Å². The molecule has 0 saturated carbocycles. The fraction of sp³-hybridized carbons (Fsp3) is 0.475. The smallest absolute Gasteiger partial charge is 0.303 e. The van der Waals surface area contributed by atoms with Crippen LogP contribution in [-0.2, 0) is 81.6 Å². The lowest BCUT2D eigenvalue weighted by molar-refractivity contribution is -0.352. The highest BCUT2D eigenvalue weighted by Gasteiger charge is 2.52. The molecule has 0 spiro atoms. The number of benzene rings is 3. The molecule has 3 aromatic carbocycles. The second-order valence-corrected chi connectivity index (χ2v) is 12.8. The van der Waals surface area contributed by atoms with Gasteiger partial charge in [0.25, 0.3) is 0 Å². The van der Waals surface area contributed by atoms with Crippen LogP contribution in [0.1, 0.15) is 43.9 Å². The van der Waals surface area contributed by atoms with Gasteiger partial charge < -0.3 is 47.4 Å². The van der Waals surface area contributed by atoms with Crippen LogP contribution in [0.5, 0.6) is 0 Å². The van der Waals surface area contributed by atoms with E-state index in [-0.39, 0.29) is 32.8 Å². The van der Waals surface area contributed by atoms with Gasteiger partial charge in [0.1, 0.15) is 43.2 Å². The average Bonchev–Trinajstić information content (AvgIpc) is 3.15. The predicted octanol–water partition coefficient (Wildman–Crippen LogP) is 4.67. The van der Waals surface area contributed by atoms with E-state index in [9.17, 15) is 14.4 Å². The van der Waals surface area contributed by atoms with Crippen LogP contribution >= 0.6 is 0 Å². The zero-order chi connectivity index (χ0) is 37.6. The third-order valence-electron chi connectivity index (χ3n) is 8.65. The summed E-state index contributed by atoms with van der Waals surface area (Å²) in [6, 6.07) is 29.1. The van der Waals surface area contributed by atoms with Crippen LogP contribution in [-0.4, -0.2) is 93.5 Å². The van der Waals surface area contributed by atoms with Crippen LogP contribution in [0.25, 0.3) is 0 Å². The number of methoxy groups -OCH3 is 1. The molecule has 2 fully saturated rings. The Labute approximate surface area is 309 Å². The minimum Gasteiger partial charge on any atom is -0.463 e.